The van der Waals surface area contributed by atoms with Gasteiger partial charge in [-0.25, -0.2) is 9.18 Å². The highest BCUT2D eigenvalue weighted by atomic mass is 35.5. The lowest BCUT2D eigenvalue weighted by Gasteiger charge is -2.12. The van der Waals surface area contributed by atoms with Crippen molar-refractivity contribution in [2.45, 2.75) is 26.1 Å². The van der Waals surface area contributed by atoms with Crippen molar-refractivity contribution in [3.63, 3.8) is 0 Å². The van der Waals surface area contributed by atoms with Gasteiger partial charge in [0.1, 0.15) is 17.4 Å². The Labute approximate surface area is 150 Å². The van der Waals surface area contributed by atoms with Gasteiger partial charge >= 0.3 is 12.1 Å². The molecule has 0 spiro atoms. The molecule has 0 aliphatic rings. The fourth-order valence-corrected chi connectivity index (χ4v) is 2.53. The van der Waals surface area contributed by atoms with E-state index < -0.39 is 46.6 Å². The lowest BCUT2D eigenvalue weighted by molar-refractivity contribution is -0.141. The van der Waals surface area contributed by atoms with Gasteiger partial charge in [0.15, 0.2) is 5.69 Å². The van der Waals surface area contributed by atoms with Crippen LogP contribution in [0.1, 0.15) is 35.5 Å². The van der Waals surface area contributed by atoms with Gasteiger partial charge in [0.05, 0.1) is 22.4 Å². The van der Waals surface area contributed by atoms with Crippen molar-refractivity contribution in [3.05, 3.63) is 39.8 Å². The lowest BCUT2D eigenvalue weighted by atomic mass is 10.0. The summed E-state index contributed by atoms with van der Waals surface area (Å²) in [6.45, 7) is 3.17. The fraction of sp³-hybridized carbons (Fsp3) is 0.312. The van der Waals surface area contributed by atoms with E-state index in [-0.39, 0.29) is 10.6 Å². The molecular formula is C16H12ClF4N3O2. The Balaban J connectivity index is 2.73. The molecule has 0 saturated carbocycles. The van der Waals surface area contributed by atoms with Crippen LogP contribution in [0.3, 0.4) is 0 Å². The Morgan fingerprint density at radius 1 is 1.38 bits per heavy atom. The Kier molecular flexibility index (Phi) is 5.28. The highest BCUT2D eigenvalue weighted by Crippen LogP contribution is 2.37. The monoisotopic (exact) mass is 389 g/mol. The maximum absolute atomic E-state index is 14.4. The first kappa shape index (κ1) is 19.7. The average molecular weight is 390 g/mol. The van der Waals surface area contributed by atoms with E-state index in [2.05, 4.69) is 5.10 Å². The van der Waals surface area contributed by atoms with Crippen molar-refractivity contribution in [1.82, 2.24) is 9.78 Å². The minimum absolute atomic E-state index is 0.240. The average Bonchev–Trinajstić information content (AvgIpc) is 2.83. The molecule has 0 unspecified atom stereocenters. The van der Waals surface area contributed by atoms with Crippen LogP contribution in [0.15, 0.2) is 12.1 Å². The number of hydrogen-bond donors (Lipinski definition) is 0. The lowest BCUT2D eigenvalue weighted by Crippen LogP contribution is -2.12. The Bertz CT molecular complexity index is 914. The van der Waals surface area contributed by atoms with Gasteiger partial charge in [0, 0.05) is 12.6 Å². The predicted octanol–water partition coefficient (Wildman–Crippen LogP) is 4.34. The van der Waals surface area contributed by atoms with Gasteiger partial charge in [-0.2, -0.15) is 23.5 Å². The molecule has 138 valence electrons. The molecule has 0 aliphatic heterocycles. The summed E-state index contributed by atoms with van der Waals surface area (Å²) in [5, 5.41) is 12.1. The Morgan fingerprint density at radius 3 is 2.50 bits per heavy atom. The molecule has 10 heteroatoms. The number of hydrogen-bond acceptors (Lipinski definition) is 4. The third-order valence-electron chi connectivity index (χ3n) is 3.30. The Morgan fingerprint density at radius 2 is 2.00 bits per heavy atom. The molecule has 0 fully saturated rings. The van der Waals surface area contributed by atoms with Crippen molar-refractivity contribution in [2.24, 2.45) is 7.05 Å². The van der Waals surface area contributed by atoms with Gasteiger partial charge in [-0.15, -0.1) is 0 Å². The van der Waals surface area contributed by atoms with Crippen molar-refractivity contribution >= 4 is 17.6 Å². The second-order valence-electron chi connectivity index (χ2n) is 5.57. The van der Waals surface area contributed by atoms with Gasteiger partial charge in [-0.05, 0) is 26.0 Å². The SMILES string of the molecule is CC(C)OC(=O)c1cc(-c2c(C#N)c(C(F)(F)F)nn2C)c(F)cc1Cl. The molecule has 2 rings (SSSR count). The topological polar surface area (TPSA) is 67.9 Å². The maximum atomic E-state index is 14.4. The molecule has 0 N–H and O–H groups in total. The van der Waals surface area contributed by atoms with E-state index >= 15 is 0 Å². The molecule has 1 aromatic heterocycles. The number of aryl methyl sites for hydroxylation is 1. The normalized spacial score (nSPS) is 11.5. The number of aromatic nitrogens is 2. The summed E-state index contributed by atoms with van der Waals surface area (Å²) in [4.78, 5) is 12.1. The first-order valence-corrected chi connectivity index (χ1v) is 7.59. The van der Waals surface area contributed by atoms with E-state index in [9.17, 15) is 22.4 Å². The summed E-state index contributed by atoms with van der Waals surface area (Å²) in [6.07, 6.45) is -5.39. The second-order valence-corrected chi connectivity index (χ2v) is 5.98. The molecule has 0 atom stereocenters. The zero-order chi connectivity index (χ0) is 19.8. The van der Waals surface area contributed by atoms with Crippen LogP contribution >= 0.6 is 11.6 Å². The quantitative estimate of drug-likeness (QED) is 0.578. The molecule has 1 heterocycles. The molecule has 2 aromatic rings. The molecule has 0 aliphatic carbocycles. The summed E-state index contributed by atoms with van der Waals surface area (Å²) in [5.41, 5.74) is -3.39. The molecular weight excluding hydrogens is 378 g/mol. The van der Waals surface area contributed by atoms with Crippen molar-refractivity contribution in [2.75, 3.05) is 0 Å². The van der Waals surface area contributed by atoms with E-state index in [1.165, 1.54) is 6.07 Å². The zero-order valence-corrected chi connectivity index (χ0v) is 14.5. The van der Waals surface area contributed by atoms with Gasteiger partial charge in [0.25, 0.3) is 0 Å². The van der Waals surface area contributed by atoms with E-state index in [0.717, 1.165) is 23.9 Å². The maximum Gasteiger partial charge on any atom is 0.436 e. The van der Waals surface area contributed by atoms with Crippen molar-refractivity contribution < 1.29 is 27.1 Å². The minimum Gasteiger partial charge on any atom is -0.459 e. The molecule has 0 bridgehead atoms. The fourth-order valence-electron chi connectivity index (χ4n) is 2.30. The van der Waals surface area contributed by atoms with Gasteiger partial charge in [-0.3, -0.25) is 4.68 Å². The third kappa shape index (κ3) is 3.65. The van der Waals surface area contributed by atoms with Gasteiger partial charge in [-0.1, -0.05) is 11.6 Å². The van der Waals surface area contributed by atoms with Crippen LogP contribution in [0, 0.1) is 17.1 Å². The Hall–Kier alpha value is -2.60. The van der Waals surface area contributed by atoms with E-state index in [1.807, 2.05) is 0 Å². The van der Waals surface area contributed by atoms with Crippen LogP contribution in [0.5, 0.6) is 0 Å². The van der Waals surface area contributed by atoms with Crippen LogP contribution < -0.4 is 0 Å². The summed E-state index contributed by atoms with van der Waals surface area (Å²) in [5.74, 6) is -1.88. The first-order valence-electron chi connectivity index (χ1n) is 7.22. The predicted molar refractivity (Wildman–Crippen MR) is 83.9 cm³/mol. The van der Waals surface area contributed by atoms with Gasteiger partial charge < -0.3 is 4.74 Å². The first-order chi connectivity index (χ1) is 12.0. The molecule has 0 radical (unpaired) electrons. The number of carbonyl (C=O) groups is 1. The van der Waals surface area contributed by atoms with E-state index in [1.54, 1.807) is 13.8 Å². The largest absolute Gasteiger partial charge is 0.459 e. The second kappa shape index (κ2) is 6.96. The molecule has 0 amide bonds. The molecule has 26 heavy (non-hydrogen) atoms. The number of nitrogens with zero attached hydrogens (tertiary/aromatic N) is 3. The molecule has 5 nitrogen and oxygen atoms in total. The standard InChI is InChI=1S/C16H12ClF4N3O2/c1-7(2)26-15(25)8-4-9(12(18)5-11(8)17)13-10(6-22)14(16(19,20)21)23-24(13)3/h4-5,7H,1-3H3. The van der Waals surface area contributed by atoms with E-state index in [0.29, 0.717) is 0 Å². The molecule has 0 saturated heterocycles. The van der Waals surface area contributed by atoms with Gasteiger partial charge in [0.2, 0.25) is 0 Å². The number of halogens is 5. The third-order valence-corrected chi connectivity index (χ3v) is 3.61. The van der Waals surface area contributed by atoms with Crippen LogP contribution in [0.4, 0.5) is 17.6 Å². The summed E-state index contributed by atoms with van der Waals surface area (Å²) < 4.78 is 59.2. The van der Waals surface area contributed by atoms with E-state index in [4.69, 9.17) is 21.6 Å². The minimum atomic E-state index is -4.90. The van der Waals surface area contributed by atoms with Crippen molar-refractivity contribution in [3.8, 4) is 17.3 Å². The number of esters is 1. The number of rotatable bonds is 3. The summed E-state index contributed by atoms with van der Waals surface area (Å²) >= 11 is 5.85. The number of benzene rings is 1. The van der Waals surface area contributed by atoms with Crippen molar-refractivity contribution in [1.29, 1.82) is 5.26 Å². The van der Waals surface area contributed by atoms with Crippen LogP contribution in [0.2, 0.25) is 5.02 Å². The highest BCUT2D eigenvalue weighted by Gasteiger charge is 2.40. The number of nitriles is 1. The van der Waals surface area contributed by atoms with Crippen LogP contribution in [-0.2, 0) is 18.0 Å². The number of ether oxygens (including phenoxy) is 1. The zero-order valence-electron chi connectivity index (χ0n) is 13.8. The van der Waals surface area contributed by atoms with Crippen LogP contribution in [-0.4, -0.2) is 21.9 Å². The molecule has 1 aromatic carbocycles. The summed E-state index contributed by atoms with van der Waals surface area (Å²) in [6, 6.07) is 3.11. The number of carbonyl (C=O) groups excluding carboxylic acids is 1. The van der Waals surface area contributed by atoms with Crippen LogP contribution in [0.25, 0.3) is 11.3 Å². The smallest absolute Gasteiger partial charge is 0.436 e. The summed E-state index contributed by atoms with van der Waals surface area (Å²) in [7, 11) is 1.13. The number of alkyl halides is 3. The highest BCUT2D eigenvalue weighted by molar-refractivity contribution is 6.33.